The van der Waals surface area contributed by atoms with Crippen LogP contribution in [0.5, 0.6) is 11.5 Å². The lowest BCUT2D eigenvalue weighted by Gasteiger charge is -2.17. The molecule has 0 aliphatic rings. The maximum atomic E-state index is 13.4. The molecule has 0 radical (unpaired) electrons. The van der Waals surface area contributed by atoms with Gasteiger partial charge in [0.2, 0.25) is 0 Å². The summed E-state index contributed by atoms with van der Waals surface area (Å²) in [6.07, 6.45) is 0. The van der Waals surface area contributed by atoms with Crippen LogP contribution in [0.1, 0.15) is 17.0 Å². The monoisotopic (exact) mass is 243 g/mol. The van der Waals surface area contributed by atoms with Gasteiger partial charge in [-0.25, -0.2) is 4.39 Å². The van der Waals surface area contributed by atoms with Crippen molar-refractivity contribution in [2.75, 3.05) is 13.7 Å². The molecule has 0 heterocycles. The smallest absolute Gasteiger partial charge is 0.312 e. The fourth-order valence-corrected chi connectivity index (χ4v) is 1.73. The zero-order valence-corrected chi connectivity index (χ0v) is 9.53. The number of aliphatic carboxylic acids is 1. The molecule has 0 amide bonds. The van der Waals surface area contributed by atoms with E-state index in [0.29, 0.717) is 5.56 Å². The predicted molar refractivity (Wildman–Crippen MR) is 58.8 cm³/mol. The van der Waals surface area contributed by atoms with Crippen molar-refractivity contribution in [3.8, 4) is 11.5 Å². The van der Waals surface area contributed by atoms with Gasteiger partial charge in [0, 0.05) is 12.1 Å². The molecule has 0 aromatic heterocycles. The van der Waals surface area contributed by atoms with Crippen molar-refractivity contribution in [3.05, 3.63) is 23.0 Å². The van der Waals surface area contributed by atoms with Crippen molar-refractivity contribution in [1.82, 2.24) is 0 Å². The minimum absolute atomic E-state index is 0.0817. The number of phenolic OH excluding ortho intramolecular Hbond substituents is 1. The number of carbonyl (C=O) groups is 1. The molecule has 4 N–H and O–H groups in total. The highest BCUT2D eigenvalue weighted by atomic mass is 19.1. The minimum atomic E-state index is -1.18. The number of aryl methyl sites for hydroxylation is 1. The van der Waals surface area contributed by atoms with Crippen LogP contribution in [0.4, 0.5) is 4.39 Å². The minimum Gasteiger partial charge on any atom is -0.504 e. The summed E-state index contributed by atoms with van der Waals surface area (Å²) in [5, 5.41) is 18.8. The molecule has 1 atom stereocenters. The van der Waals surface area contributed by atoms with E-state index in [9.17, 15) is 14.3 Å². The van der Waals surface area contributed by atoms with E-state index >= 15 is 0 Å². The molecular formula is C11H14FNO4. The van der Waals surface area contributed by atoms with E-state index in [1.165, 1.54) is 14.0 Å². The fourth-order valence-electron chi connectivity index (χ4n) is 1.73. The molecule has 1 unspecified atom stereocenters. The SMILES string of the molecule is COc1c(F)cc(C)c(C(CN)C(=O)O)c1O. The Balaban J connectivity index is 3.47. The predicted octanol–water partition coefficient (Wildman–Crippen LogP) is 0.975. The Morgan fingerprint density at radius 2 is 2.24 bits per heavy atom. The second-order valence-electron chi connectivity index (χ2n) is 3.60. The molecule has 0 saturated carbocycles. The molecule has 0 aliphatic heterocycles. The Morgan fingerprint density at radius 3 is 2.65 bits per heavy atom. The molecule has 0 aliphatic carbocycles. The number of nitrogens with two attached hydrogens (primary N) is 1. The number of phenols is 1. The van der Waals surface area contributed by atoms with Crippen LogP contribution in [0.3, 0.4) is 0 Å². The van der Waals surface area contributed by atoms with Gasteiger partial charge in [-0.2, -0.15) is 0 Å². The van der Waals surface area contributed by atoms with Crippen LogP contribution in [-0.4, -0.2) is 29.8 Å². The molecule has 94 valence electrons. The van der Waals surface area contributed by atoms with Crippen LogP contribution in [0.15, 0.2) is 6.07 Å². The first kappa shape index (κ1) is 13.2. The lowest BCUT2D eigenvalue weighted by Crippen LogP contribution is -2.22. The van der Waals surface area contributed by atoms with Crippen LogP contribution < -0.4 is 10.5 Å². The van der Waals surface area contributed by atoms with Crippen molar-refractivity contribution in [2.24, 2.45) is 5.73 Å². The summed E-state index contributed by atoms with van der Waals surface area (Å²) in [6.45, 7) is 1.31. The van der Waals surface area contributed by atoms with Gasteiger partial charge in [-0.1, -0.05) is 0 Å². The van der Waals surface area contributed by atoms with Crippen LogP contribution in [0, 0.1) is 12.7 Å². The highest BCUT2D eigenvalue weighted by Gasteiger charge is 2.27. The number of hydrogen-bond acceptors (Lipinski definition) is 4. The first-order valence-electron chi connectivity index (χ1n) is 4.92. The molecule has 0 bridgehead atoms. The van der Waals surface area contributed by atoms with Gasteiger partial charge in [0.25, 0.3) is 0 Å². The fraction of sp³-hybridized carbons (Fsp3) is 0.364. The molecule has 0 saturated heterocycles. The summed E-state index contributed by atoms with van der Waals surface area (Å²) in [6, 6.07) is 1.11. The normalized spacial score (nSPS) is 12.2. The Bertz CT molecular complexity index is 448. The van der Waals surface area contributed by atoms with Crippen molar-refractivity contribution >= 4 is 5.97 Å². The number of rotatable bonds is 4. The quantitative estimate of drug-likeness (QED) is 0.732. The summed E-state index contributed by atoms with van der Waals surface area (Å²) >= 11 is 0. The summed E-state index contributed by atoms with van der Waals surface area (Å²) in [7, 11) is 1.19. The Labute approximate surface area is 97.6 Å². The molecule has 1 aromatic carbocycles. The van der Waals surface area contributed by atoms with Gasteiger partial charge in [-0.05, 0) is 18.6 Å². The standard InChI is InChI=1S/C11H14FNO4/c1-5-3-7(12)10(17-2)9(14)8(5)6(4-13)11(15)16/h3,6,14H,4,13H2,1-2H3,(H,15,16). The third-order valence-corrected chi connectivity index (χ3v) is 2.54. The Hall–Kier alpha value is -1.82. The van der Waals surface area contributed by atoms with Crippen molar-refractivity contribution < 1.29 is 24.1 Å². The lowest BCUT2D eigenvalue weighted by atomic mass is 9.93. The molecule has 6 heteroatoms. The zero-order chi connectivity index (χ0) is 13.2. The highest BCUT2D eigenvalue weighted by Crippen LogP contribution is 2.39. The number of benzene rings is 1. The van der Waals surface area contributed by atoms with Crippen molar-refractivity contribution in [3.63, 3.8) is 0 Å². The summed E-state index contributed by atoms with van der Waals surface area (Å²) in [5.41, 5.74) is 5.75. The number of carboxylic acids is 1. The van der Waals surface area contributed by atoms with Gasteiger partial charge >= 0.3 is 5.97 Å². The number of aromatic hydroxyl groups is 1. The van der Waals surface area contributed by atoms with Gasteiger partial charge in [-0.3, -0.25) is 4.79 Å². The van der Waals surface area contributed by atoms with Gasteiger partial charge in [0.1, 0.15) is 0 Å². The number of ether oxygens (including phenoxy) is 1. The Kier molecular flexibility index (Phi) is 3.90. The molecule has 17 heavy (non-hydrogen) atoms. The van der Waals surface area contributed by atoms with E-state index in [1.807, 2.05) is 0 Å². The molecule has 0 fully saturated rings. The number of carboxylic acid groups (broad SMARTS) is 1. The van der Waals surface area contributed by atoms with E-state index in [0.717, 1.165) is 6.07 Å². The van der Waals surface area contributed by atoms with Gasteiger partial charge in [0.05, 0.1) is 13.0 Å². The van der Waals surface area contributed by atoms with Gasteiger partial charge in [0.15, 0.2) is 17.3 Å². The lowest BCUT2D eigenvalue weighted by molar-refractivity contribution is -0.138. The summed E-state index contributed by atoms with van der Waals surface area (Å²) in [5.74, 6) is -3.90. The van der Waals surface area contributed by atoms with Crippen LogP contribution in [0.25, 0.3) is 0 Å². The van der Waals surface area contributed by atoms with Crippen LogP contribution >= 0.6 is 0 Å². The Morgan fingerprint density at radius 1 is 1.65 bits per heavy atom. The second kappa shape index (κ2) is 5.01. The summed E-state index contributed by atoms with van der Waals surface area (Å²) < 4.78 is 18.1. The zero-order valence-electron chi connectivity index (χ0n) is 9.53. The first-order chi connectivity index (χ1) is 7.93. The second-order valence-corrected chi connectivity index (χ2v) is 3.60. The van der Waals surface area contributed by atoms with E-state index in [2.05, 4.69) is 4.74 Å². The van der Waals surface area contributed by atoms with Crippen LogP contribution in [-0.2, 0) is 4.79 Å². The first-order valence-corrected chi connectivity index (χ1v) is 4.92. The topological polar surface area (TPSA) is 92.8 Å². The maximum absolute atomic E-state index is 13.4. The summed E-state index contributed by atoms with van der Waals surface area (Å²) in [4.78, 5) is 11.0. The van der Waals surface area contributed by atoms with Gasteiger partial charge in [-0.15, -0.1) is 0 Å². The molecular weight excluding hydrogens is 229 g/mol. The van der Waals surface area contributed by atoms with E-state index < -0.39 is 23.5 Å². The number of halogens is 1. The molecule has 0 spiro atoms. The number of methoxy groups -OCH3 is 1. The maximum Gasteiger partial charge on any atom is 0.312 e. The third-order valence-electron chi connectivity index (χ3n) is 2.54. The average molecular weight is 243 g/mol. The van der Waals surface area contributed by atoms with E-state index in [1.54, 1.807) is 0 Å². The third kappa shape index (κ3) is 2.31. The van der Waals surface area contributed by atoms with Gasteiger partial charge < -0.3 is 20.7 Å². The molecule has 5 nitrogen and oxygen atoms in total. The average Bonchev–Trinajstić information content (AvgIpc) is 2.23. The molecule has 1 rings (SSSR count). The number of hydrogen-bond donors (Lipinski definition) is 3. The van der Waals surface area contributed by atoms with Crippen LogP contribution in [0.2, 0.25) is 0 Å². The highest BCUT2D eigenvalue weighted by molar-refractivity contribution is 5.79. The molecule has 1 aromatic rings. The van der Waals surface area contributed by atoms with E-state index in [4.69, 9.17) is 10.8 Å². The largest absolute Gasteiger partial charge is 0.504 e. The van der Waals surface area contributed by atoms with Crippen molar-refractivity contribution in [2.45, 2.75) is 12.8 Å². The van der Waals surface area contributed by atoms with E-state index in [-0.39, 0.29) is 17.9 Å². The van der Waals surface area contributed by atoms with Crippen molar-refractivity contribution in [1.29, 1.82) is 0 Å².